The van der Waals surface area contributed by atoms with Crippen LogP contribution in [0.4, 0.5) is 9.59 Å². The molecule has 0 spiro atoms. The van der Waals surface area contributed by atoms with Gasteiger partial charge in [0.25, 0.3) is 0 Å². The number of nitrogens with one attached hydrogen (secondary N) is 2. The Balaban J connectivity index is 3.71. The van der Waals surface area contributed by atoms with Gasteiger partial charge in [0.05, 0.1) is 0 Å². The first-order valence-corrected chi connectivity index (χ1v) is 10.1. The Labute approximate surface area is 183 Å². The molecule has 0 fully saturated rings. The van der Waals surface area contributed by atoms with Crippen LogP contribution in [0.25, 0.3) is 0 Å². The third-order valence-corrected chi connectivity index (χ3v) is 4.16. The van der Waals surface area contributed by atoms with E-state index in [4.69, 9.17) is 14.2 Å². The number of ether oxygens (including phenoxy) is 4. The van der Waals surface area contributed by atoms with Crippen LogP contribution in [0.15, 0.2) is 25.3 Å². The normalized spacial score (nSPS) is 11.5. The van der Waals surface area contributed by atoms with Crippen molar-refractivity contribution in [3.05, 3.63) is 25.3 Å². The molecule has 0 aromatic rings. The smallest absolute Gasteiger partial charge is 0.407 e. The maximum absolute atomic E-state index is 11.8. The van der Waals surface area contributed by atoms with Crippen LogP contribution in [0.3, 0.4) is 0 Å². The van der Waals surface area contributed by atoms with Gasteiger partial charge in [-0.1, -0.05) is 26.0 Å². The van der Waals surface area contributed by atoms with Crippen molar-refractivity contribution >= 4 is 24.1 Å². The van der Waals surface area contributed by atoms with E-state index in [1.54, 1.807) is 20.8 Å². The van der Waals surface area contributed by atoms with Crippen LogP contribution in [-0.4, -0.2) is 62.1 Å². The van der Waals surface area contributed by atoms with Crippen molar-refractivity contribution in [1.29, 1.82) is 0 Å². The highest BCUT2D eigenvalue weighted by Gasteiger charge is 2.32. The first-order valence-electron chi connectivity index (χ1n) is 10.1. The van der Waals surface area contributed by atoms with Gasteiger partial charge >= 0.3 is 24.1 Å². The molecule has 0 bridgehead atoms. The summed E-state index contributed by atoms with van der Waals surface area (Å²) in [4.78, 5) is 45.4. The summed E-state index contributed by atoms with van der Waals surface area (Å²) in [5.41, 5.74) is -0.979. The van der Waals surface area contributed by atoms with E-state index in [0.717, 1.165) is 37.8 Å². The molecular formula is C21H34N2O8. The monoisotopic (exact) mass is 442 g/mol. The molecule has 2 amide bonds. The zero-order chi connectivity index (χ0) is 23.7. The van der Waals surface area contributed by atoms with Crippen molar-refractivity contribution in [2.24, 2.45) is 0 Å². The molecule has 0 aromatic heterocycles. The van der Waals surface area contributed by atoms with E-state index in [1.165, 1.54) is 0 Å². The van der Waals surface area contributed by atoms with Crippen molar-refractivity contribution < 1.29 is 38.1 Å². The first-order chi connectivity index (χ1) is 14.6. The van der Waals surface area contributed by atoms with Crippen molar-refractivity contribution in [3.8, 4) is 0 Å². The van der Waals surface area contributed by atoms with Gasteiger partial charge in [-0.25, -0.2) is 19.2 Å². The second-order valence-corrected chi connectivity index (χ2v) is 7.05. The quantitative estimate of drug-likeness (QED) is 0.171. The Morgan fingerprint density at radius 2 is 1.35 bits per heavy atom. The summed E-state index contributed by atoms with van der Waals surface area (Å²) >= 11 is 0. The molecule has 0 saturated heterocycles. The van der Waals surface area contributed by atoms with Crippen LogP contribution in [-0.2, 0) is 28.5 Å². The van der Waals surface area contributed by atoms with Crippen molar-refractivity contribution in [2.75, 3.05) is 26.3 Å². The van der Waals surface area contributed by atoms with Gasteiger partial charge in [-0.15, -0.1) is 0 Å². The predicted molar refractivity (Wildman–Crippen MR) is 113 cm³/mol. The van der Waals surface area contributed by atoms with Crippen LogP contribution in [0.1, 0.15) is 46.5 Å². The van der Waals surface area contributed by atoms with E-state index in [2.05, 4.69) is 28.5 Å². The Kier molecular flexibility index (Phi) is 14.2. The number of esters is 2. The summed E-state index contributed by atoms with van der Waals surface area (Å²) in [6.07, 6.45) is 3.49. The van der Waals surface area contributed by atoms with Gasteiger partial charge in [-0.05, 0) is 33.6 Å². The zero-order valence-electron chi connectivity index (χ0n) is 18.6. The summed E-state index contributed by atoms with van der Waals surface area (Å²) in [6, 6.07) is 0. The standard InChI is InChI=1S/C21H34N2O8/c1-6-17(24)28-14-15-29-19(26)22-12-10-8-9-11-13-23-20(27)30-16(3)21(4,5)31-18(25)7-2/h6-7,16H,1-2,8-15H2,3-5H3,(H,22,26)(H,23,27). The number of amides is 2. The molecule has 0 radical (unpaired) electrons. The topological polar surface area (TPSA) is 129 Å². The minimum absolute atomic E-state index is 0.0239. The van der Waals surface area contributed by atoms with Gasteiger partial charge in [0.15, 0.2) is 0 Å². The van der Waals surface area contributed by atoms with E-state index < -0.39 is 35.8 Å². The number of hydrogen-bond acceptors (Lipinski definition) is 8. The van der Waals surface area contributed by atoms with Crippen LogP contribution < -0.4 is 10.6 Å². The van der Waals surface area contributed by atoms with Gasteiger partial charge in [0.1, 0.15) is 24.9 Å². The fraction of sp³-hybridized carbons (Fsp3) is 0.619. The average molecular weight is 443 g/mol. The van der Waals surface area contributed by atoms with Gasteiger partial charge in [0, 0.05) is 25.2 Å². The van der Waals surface area contributed by atoms with E-state index in [0.29, 0.717) is 13.1 Å². The summed E-state index contributed by atoms with van der Waals surface area (Å²) in [6.45, 7) is 12.4. The summed E-state index contributed by atoms with van der Waals surface area (Å²) in [5.74, 6) is -1.16. The average Bonchev–Trinajstić information content (AvgIpc) is 2.72. The summed E-state index contributed by atoms with van der Waals surface area (Å²) in [5, 5.41) is 5.24. The number of carbonyl (C=O) groups excluding carboxylic acids is 4. The number of alkyl carbamates (subject to hydrolysis) is 2. The lowest BCUT2D eigenvalue weighted by Gasteiger charge is -2.30. The van der Waals surface area contributed by atoms with Crippen LogP contribution >= 0.6 is 0 Å². The molecule has 1 unspecified atom stereocenters. The number of hydrogen-bond donors (Lipinski definition) is 2. The number of rotatable bonds is 15. The molecule has 0 rings (SSSR count). The predicted octanol–water partition coefficient (Wildman–Crippen LogP) is 2.62. The second-order valence-electron chi connectivity index (χ2n) is 7.05. The molecule has 31 heavy (non-hydrogen) atoms. The van der Waals surface area contributed by atoms with Crippen LogP contribution in [0.2, 0.25) is 0 Å². The molecule has 0 saturated carbocycles. The highest BCUT2D eigenvalue weighted by atomic mass is 16.6. The van der Waals surface area contributed by atoms with E-state index in [-0.39, 0.29) is 13.2 Å². The highest BCUT2D eigenvalue weighted by Crippen LogP contribution is 2.18. The number of unbranched alkanes of at least 4 members (excludes halogenated alkanes) is 3. The van der Waals surface area contributed by atoms with E-state index >= 15 is 0 Å². The highest BCUT2D eigenvalue weighted by molar-refractivity contribution is 5.81. The maximum Gasteiger partial charge on any atom is 0.407 e. The van der Waals surface area contributed by atoms with Gasteiger partial charge in [-0.2, -0.15) is 0 Å². The molecule has 0 aliphatic heterocycles. The van der Waals surface area contributed by atoms with Crippen LogP contribution in [0, 0.1) is 0 Å². The third-order valence-electron chi connectivity index (χ3n) is 4.16. The number of carbonyl (C=O) groups is 4. The Morgan fingerprint density at radius 3 is 1.90 bits per heavy atom. The largest absolute Gasteiger partial charge is 0.459 e. The fourth-order valence-electron chi connectivity index (χ4n) is 2.10. The lowest BCUT2D eigenvalue weighted by atomic mass is 10.0. The second kappa shape index (κ2) is 15.8. The Morgan fingerprint density at radius 1 is 0.839 bits per heavy atom. The fourth-order valence-corrected chi connectivity index (χ4v) is 2.10. The van der Waals surface area contributed by atoms with E-state index in [9.17, 15) is 19.2 Å². The molecule has 0 aliphatic rings. The van der Waals surface area contributed by atoms with Crippen molar-refractivity contribution in [1.82, 2.24) is 10.6 Å². The molecule has 0 aromatic carbocycles. The minimum Gasteiger partial charge on any atom is -0.459 e. The van der Waals surface area contributed by atoms with Gasteiger partial charge < -0.3 is 29.6 Å². The van der Waals surface area contributed by atoms with Gasteiger partial charge in [-0.3, -0.25) is 0 Å². The SMILES string of the molecule is C=CC(=O)OCCOC(=O)NCCCCCCNC(=O)OC(C)C(C)(C)OC(=O)C=C. The summed E-state index contributed by atoms with van der Waals surface area (Å²) < 4.78 is 19.9. The van der Waals surface area contributed by atoms with Crippen LogP contribution in [0.5, 0.6) is 0 Å². The lowest BCUT2D eigenvalue weighted by Crippen LogP contribution is -2.43. The van der Waals surface area contributed by atoms with Crippen molar-refractivity contribution in [2.45, 2.75) is 58.2 Å². The van der Waals surface area contributed by atoms with E-state index in [1.807, 2.05) is 0 Å². The first kappa shape index (κ1) is 28.0. The van der Waals surface area contributed by atoms with Crippen molar-refractivity contribution in [3.63, 3.8) is 0 Å². The third kappa shape index (κ3) is 14.6. The van der Waals surface area contributed by atoms with Gasteiger partial charge in [0.2, 0.25) is 0 Å². The lowest BCUT2D eigenvalue weighted by molar-refractivity contribution is -0.160. The molecule has 10 nitrogen and oxygen atoms in total. The Hall–Kier alpha value is -3.04. The molecular weight excluding hydrogens is 408 g/mol. The molecule has 0 aliphatic carbocycles. The Bertz CT molecular complexity index is 619. The molecule has 2 N–H and O–H groups in total. The maximum atomic E-state index is 11.8. The minimum atomic E-state index is -0.979. The summed E-state index contributed by atoms with van der Waals surface area (Å²) in [7, 11) is 0. The molecule has 0 heterocycles. The molecule has 176 valence electrons. The molecule has 10 heteroatoms. The molecule has 1 atom stereocenters. The zero-order valence-corrected chi connectivity index (χ0v) is 18.6.